The summed E-state index contributed by atoms with van der Waals surface area (Å²) in [5.74, 6) is 7.69. The second-order valence-corrected chi connectivity index (χ2v) is 17.1. The third kappa shape index (κ3) is 6.15. The maximum absolute atomic E-state index is 13.0. The average Bonchev–Trinajstić information content (AvgIpc) is 4.12. The summed E-state index contributed by atoms with van der Waals surface area (Å²) in [7, 11) is 0. The maximum Gasteiger partial charge on any atom is 0.323 e. The van der Waals surface area contributed by atoms with Gasteiger partial charge < -0.3 is 20.6 Å². The zero-order valence-corrected chi connectivity index (χ0v) is 34.3. The second-order valence-electron chi connectivity index (χ2n) is 17.1. The van der Waals surface area contributed by atoms with Crippen LogP contribution >= 0.6 is 0 Å². The van der Waals surface area contributed by atoms with Crippen molar-refractivity contribution in [3.63, 3.8) is 0 Å². The normalized spacial score (nSPS) is 18.6. The number of para-hydroxylation sites is 1. The van der Waals surface area contributed by atoms with Crippen molar-refractivity contribution in [3.8, 4) is 11.8 Å². The predicted octanol–water partition coefficient (Wildman–Crippen LogP) is 6.99. The first-order chi connectivity index (χ1) is 31.3. The zero-order chi connectivity index (χ0) is 43.0. The van der Waals surface area contributed by atoms with E-state index in [0.717, 1.165) is 79.3 Å². The number of anilines is 2. The molecule has 4 aliphatic rings. The Hall–Kier alpha value is -8.30. The van der Waals surface area contributed by atoms with Crippen LogP contribution in [0.3, 0.4) is 0 Å². The first-order valence-corrected chi connectivity index (χ1v) is 21.3. The van der Waals surface area contributed by atoms with Crippen LogP contribution in [-0.4, -0.2) is 46.7 Å². The Morgan fingerprint density at radius 3 is 1.83 bits per heavy atom. The molecule has 0 saturated heterocycles. The number of aromatic amines is 2. The van der Waals surface area contributed by atoms with Crippen LogP contribution in [0.25, 0.3) is 32.8 Å². The number of amides is 2. The van der Waals surface area contributed by atoms with Crippen molar-refractivity contribution in [2.75, 3.05) is 10.6 Å². The summed E-state index contributed by atoms with van der Waals surface area (Å²) in [5.41, 5.74) is 12.7. The molecule has 3 aromatic carbocycles. The van der Waals surface area contributed by atoms with Gasteiger partial charge in [0.25, 0.3) is 0 Å². The molecule has 2 atom stereocenters. The highest BCUT2D eigenvalue weighted by Crippen LogP contribution is 2.48. The number of carbonyl (C=O) groups excluding carboxylic acids is 2. The molecule has 2 aliphatic heterocycles. The zero-order valence-electron chi connectivity index (χ0n) is 34.3. The van der Waals surface area contributed by atoms with Crippen LogP contribution in [0.4, 0.5) is 11.6 Å². The predicted molar refractivity (Wildman–Crippen MR) is 244 cm³/mol. The van der Waals surface area contributed by atoms with E-state index in [-0.39, 0.29) is 17.5 Å². The lowest BCUT2D eigenvalue weighted by Gasteiger charge is -2.20. The van der Waals surface area contributed by atoms with Gasteiger partial charge in [0.05, 0.1) is 32.9 Å². The molecule has 12 heteroatoms. The van der Waals surface area contributed by atoms with Crippen molar-refractivity contribution < 1.29 is 9.59 Å². The number of carbonyl (C=O) groups is 2. The average molecular weight is 836 g/mol. The highest BCUT2D eigenvalue weighted by molar-refractivity contribution is 6.07. The van der Waals surface area contributed by atoms with E-state index in [1.807, 2.05) is 66.7 Å². The molecular formula is C52H37N9O3. The van der Waals surface area contributed by atoms with E-state index in [4.69, 9.17) is 9.97 Å². The van der Waals surface area contributed by atoms with E-state index >= 15 is 0 Å². The van der Waals surface area contributed by atoms with Crippen molar-refractivity contribution in [3.05, 3.63) is 194 Å². The van der Waals surface area contributed by atoms with Crippen LogP contribution in [0.1, 0.15) is 55.9 Å². The van der Waals surface area contributed by atoms with Gasteiger partial charge >= 0.3 is 5.69 Å². The summed E-state index contributed by atoms with van der Waals surface area (Å²) in [4.78, 5) is 65.7. The van der Waals surface area contributed by atoms with Crippen molar-refractivity contribution in [1.82, 2.24) is 34.9 Å². The number of H-pyrrole nitrogens is 2. The number of pyridine rings is 5. The van der Waals surface area contributed by atoms with Gasteiger partial charge in [-0.15, -0.1) is 0 Å². The Morgan fingerprint density at radius 2 is 1.17 bits per heavy atom. The fraction of sp³-hybridized carbons (Fsp3) is 0.154. The largest absolute Gasteiger partial charge is 0.323 e. The molecule has 64 heavy (non-hydrogen) atoms. The first-order valence-electron chi connectivity index (χ1n) is 21.3. The van der Waals surface area contributed by atoms with Crippen molar-refractivity contribution in [1.29, 1.82) is 0 Å². The summed E-state index contributed by atoms with van der Waals surface area (Å²) < 4.78 is 0. The van der Waals surface area contributed by atoms with E-state index in [1.54, 1.807) is 24.8 Å². The van der Waals surface area contributed by atoms with E-state index in [2.05, 4.69) is 83.8 Å². The number of imidazole rings is 1. The van der Waals surface area contributed by atoms with Crippen LogP contribution in [0.5, 0.6) is 0 Å². The van der Waals surface area contributed by atoms with E-state index in [9.17, 15) is 14.4 Å². The number of nitrogens with one attached hydrogen (secondary N) is 4. The van der Waals surface area contributed by atoms with Crippen molar-refractivity contribution >= 4 is 56.3 Å². The Bertz CT molecular complexity index is 3570. The van der Waals surface area contributed by atoms with Crippen LogP contribution in [-0.2, 0) is 58.9 Å². The molecule has 13 rings (SSSR count). The summed E-state index contributed by atoms with van der Waals surface area (Å²) in [6, 6.07) is 34.3. The minimum Gasteiger partial charge on any atom is -0.310 e. The summed E-state index contributed by atoms with van der Waals surface area (Å²) >= 11 is 0. The molecule has 0 saturated carbocycles. The molecule has 0 radical (unpaired) electrons. The standard InChI is InChI=1S/C27H21N5O2.C25H16N4O/c33-25-27(20-4-2-10-28-24(20)32-25)13-17-11-16-7-9-19(29-22(16)12-18(17)14-27)8-6-15-3-1-5-21-23(15)31-26(34)30-21;30-24-25(21-2-1-9-27-23(21)29-24)14-18-12-17-4-6-20(28-22(17)13-19(18)15-25)5-3-16-7-10-26-11-8-16/h1-5,7,9-12H,6,8,13-14H2,(H,28,32,33)(H2,30,31,34);1-2,4,6-13H,14-15H2,(H,27,29,30). The lowest BCUT2D eigenvalue weighted by Crippen LogP contribution is -2.35. The fourth-order valence-electron chi connectivity index (χ4n) is 10.2. The van der Waals surface area contributed by atoms with E-state index in [1.165, 1.54) is 22.3 Å². The highest BCUT2D eigenvalue weighted by Gasteiger charge is 2.52. The molecule has 0 fully saturated rings. The molecule has 2 aliphatic carbocycles. The van der Waals surface area contributed by atoms with E-state index < -0.39 is 10.8 Å². The van der Waals surface area contributed by atoms with Gasteiger partial charge in [-0.1, -0.05) is 36.3 Å². The number of aromatic nitrogens is 7. The van der Waals surface area contributed by atoms with Gasteiger partial charge in [-0.2, -0.15) is 0 Å². The maximum atomic E-state index is 13.0. The summed E-state index contributed by atoms with van der Waals surface area (Å²) in [6.45, 7) is 0. The Balaban J connectivity index is 0.000000136. The molecule has 12 nitrogen and oxygen atoms in total. The molecule has 8 heterocycles. The topological polar surface area (TPSA) is 171 Å². The minimum atomic E-state index is -0.571. The van der Waals surface area contributed by atoms with Gasteiger partial charge in [-0.05, 0) is 145 Å². The molecule has 2 amide bonds. The number of benzene rings is 3. The molecule has 0 bridgehead atoms. The molecule has 2 unspecified atom stereocenters. The molecule has 4 N–H and O–H groups in total. The lowest BCUT2D eigenvalue weighted by molar-refractivity contribution is -0.121. The van der Waals surface area contributed by atoms with Crippen LogP contribution in [0.15, 0.2) is 133 Å². The quantitative estimate of drug-likeness (QED) is 0.138. The number of rotatable bonds is 3. The third-order valence-corrected chi connectivity index (χ3v) is 13.3. The minimum absolute atomic E-state index is 0.0343. The Morgan fingerprint density at radius 1 is 0.562 bits per heavy atom. The third-order valence-electron chi connectivity index (χ3n) is 13.3. The van der Waals surface area contributed by atoms with Gasteiger partial charge in [-0.25, -0.2) is 19.7 Å². The fourth-order valence-corrected chi connectivity index (χ4v) is 10.2. The van der Waals surface area contributed by atoms with Gasteiger partial charge in [0.1, 0.15) is 17.3 Å². The first kappa shape index (κ1) is 37.5. The SMILES string of the molecule is O=C1Nc2ncccc2C12Cc1cc3ccc(C#Cc4ccncc4)nc3cc1C2.O=C1Nc2ncccc2C12Cc1cc3ccc(CCc4cccc5[nH]c(=O)[nH]c45)nc3cc1C2. The molecule has 2 spiro atoms. The smallest absolute Gasteiger partial charge is 0.310 e. The Kier molecular flexibility index (Phi) is 8.42. The van der Waals surface area contributed by atoms with Gasteiger partial charge in [-0.3, -0.25) is 19.6 Å². The van der Waals surface area contributed by atoms with Crippen LogP contribution in [0.2, 0.25) is 0 Å². The van der Waals surface area contributed by atoms with Gasteiger partial charge in [0.2, 0.25) is 11.8 Å². The van der Waals surface area contributed by atoms with Gasteiger partial charge in [0, 0.05) is 57.9 Å². The summed E-state index contributed by atoms with van der Waals surface area (Å²) in [5, 5.41) is 8.08. The molecule has 9 aromatic rings. The molecule has 6 aromatic heterocycles. The number of fused-ring (bicyclic) bond motifs is 9. The number of hydrogen-bond acceptors (Lipinski definition) is 8. The van der Waals surface area contributed by atoms with Crippen LogP contribution < -0.4 is 16.3 Å². The Labute approximate surface area is 365 Å². The molecule has 308 valence electrons. The monoisotopic (exact) mass is 835 g/mol. The number of nitrogens with zero attached hydrogens (tertiary/aromatic N) is 5. The van der Waals surface area contributed by atoms with Crippen molar-refractivity contribution in [2.45, 2.75) is 49.4 Å². The second kappa shape index (κ2) is 14.4. The number of aryl methyl sites for hydroxylation is 2. The van der Waals surface area contributed by atoms with Crippen molar-refractivity contribution in [2.24, 2.45) is 0 Å². The summed E-state index contributed by atoms with van der Waals surface area (Å²) in [6.07, 6.45) is 11.1. The highest BCUT2D eigenvalue weighted by atomic mass is 16.2. The number of hydrogen-bond donors (Lipinski definition) is 4. The van der Waals surface area contributed by atoms with Crippen LogP contribution in [0, 0.1) is 11.8 Å². The van der Waals surface area contributed by atoms with Gasteiger partial charge in [0.15, 0.2) is 0 Å². The van der Waals surface area contributed by atoms with E-state index in [0.29, 0.717) is 37.3 Å². The molecular weight excluding hydrogens is 799 g/mol. The lowest BCUT2D eigenvalue weighted by atomic mass is 9.79.